The summed E-state index contributed by atoms with van der Waals surface area (Å²) in [7, 11) is 0. The number of fused-ring (bicyclic) bond motifs is 2. The van der Waals surface area contributed by atoms with Crippen LogP contribution in [0.15, 0.2) is 95.0 Å². The Morgan fingerprint density at radius 1 is 1.03 bits per heavy atom. The van der Waals surface area contributed by atoms with Gasteiger partial charge in [0.1, 0.15) is 16.9 Å². The van der Waals surface area contributed by atoms with Crippen LogP contribution in [0.4, 0.5) is 5.69 Å². The molecule has 8 nitrogen and oxygen atoms in total. The zero-order valence-electron chi connectivity index (χ0n) is 19.4. The zero-order valence-corrected chi connectivity index (χ0v) is 20.9. The highest BCUT2D eigenvalue weighted by molar-refractivity contribution is 7.99. The largest absolute Gasteiger partial charge is 0.457 e. The maximum Gasteiger partial charge on any atom is 0.265 e. The maximum absolute atomic E-state index is 13.3. The molecule has 10 heteroatoms. The van der Waals surface area contributed by atoms with E-state index in [1.54, 1.807) is 45.6 Å². The van der Waals surface area contributed by atoms with E-state index in [4.69, 9.17) is 21.3 Å². The molecule has 0 saturated carbocycles. The number of carbonyl (C=O) groups excluding carboxylic acids is 1. The third-order valence-corrected chi connectivity index (χ3v) is 7.33. The Kier molecular flexibility index (Phi) is 6.15. The summed E-state index contributed by atoms with van der Waals surface area (Å²) in [6.07, 6.45) is 1.67. The van der Waals surface area contributed by atoms with E-state index in [9.17, 15) is 9.59 Å². The SMILES string of the molecule is O=C(CC1CSc2nc3c(cnn3-c3ccc(Cl)cc3)c(=O)n21)Nc1ccc(Oc2ccccc2)cc1. The van der Waals surface area contributed by atoms with Gasteiger partial charge in [-0.2, -0.15) is 5.10 Å². The van der Waals surface area contributed by atoms with Gasteiger partial charge in [-0.15, -0.1) is 0 Å². The Morgan fingerprint density at radius 3 is 2.51 bits per heavy atom. The van der Waals surface area contributed by atoms with Crippen molar-refractivity contribution < 1.29 is 9.53 Å². The van der Waals surface area contributed by atoms with Crippen LogP contribution in [0.5, 0.6) is 11.5 Å². The molecule has 184 valence electrons. The number of hydrogen-bond donors (Lipinski definition) is 1. The van der Waals surface area contributed by atoms with Crippen molar-refractivity contribution >= 4 is 46.0 Å². The Morgan fingerprint density at radius 2 is 1.76 bits per heavy atom. The molecule has 37 heavy (non-hydrogen) atoms. The Bertz CT molecular complexity index is 1650. The molecular formula is C27H20ClN5O3S. The molecule has 3 heterocycles. The number of amides is 1. The number of carbonyl (C=O) groups is 1. The number of rotatable bonds is 6. The first-order valence-electron chi connectivity index (χ1n) is 11.6. The number of benzene rings is 3. The van der Waals surface area contributed by atoms with E-state index in [1.807, 2.05) is 42.5 Å². The van der Waals surface area contributed by atoms with Crippen molar-refractivity contribution in [3.05, 3.63) is 100 Å². The maximum atomic E-state index is 13.3. The summed E-state index contributed by atoms with van der Waals surface area (Å²) < 4.78 is 9.03. The number of anilines is 1. The third kappa shape index (κ3) is 4.71. The van der Waals surface area contributed by atoms with Gasteiger partial charge in [-0.3, -0.25) is 14.2 Å². The molecule has 0 spiro atoms. The first-order valence-corrected chi connectivity index (χ1v) is 12.9. The summed E-state index contributed by atoms with van der Waals surface area (Å²) in [6, 6.07) is 23.5. The van der Waals surface area contributed by atoms with Gasteiger partial charge in [0, 0.05) is 22.9 Å². The van der Waals surface area contributed by atoms with Gasteiger partial charge in [0.05, 0.1) is 17.9 Å². The predicted molar refractivity (Wildman–Crippen MR) is 144 cm³/mol. The molecule has 0 bridgehead atoms. The molecule has 0 aliphatic carbocycles. The minimum atomic E-state index is -0.302. The number of hydrogen-bond acceptors (Lipinski definition) is 6. The highest BCUT2D eigenvalue weighted by Crippen LogP contribution is 2.34. The third-order valence-electron chi connectivity index (χ3n) is 5.98. The van der Waals surface area contributed by atoms with Gasteiger partial charge in [0.15, 0.2) is 10.8 Å². The second kappa shape index (κ2) is 9.76. The van der Waals surface area contributed by atoms with E-state index in [2.05, 4.69) is 10.4 Å². The van der Waals surface area contributed by atoms with Crippen molar-refractivity contribution in [2.24, 2.45) is 0 Å². The fourth-order valence-electron chi connectivity index (χ4n) is 4.21. The van der Waals surface area contributed by atoms with Gasteiger partial charge in [-0.05, 0) is 60.7 Å². The van der Waals surface area contributed by atoms with Crippen molar-refractivity contribution in [1.82, 2.24) is 19.3 Å². The molecule has 1 amide bonds. The van der Waals surface area contributed by atoms with Crippen LogP contribution in [0.2, 0.25) is 5.02 Å². The van der Waals surface area contributed by atoms with E-state index in [-0.39, 0.29) is 23.9 Å². The number of para-hydroxylation sites is 1. The second-order valence-electron chi connectivity index (χ2n) is 8.50. The predicted octanol–water partition coefficient (Wildman–Crippen LogP) is 5.70. The molecule has 0 saturated heterocycles. The molecule has 5 aromatic rings. The van der Waals surface area contributed by atoms with Crippen molar-refractivity contribution in [2.75, 3.05) is 11.1 Å². The molecule has 0 fully saturated rings. The van der Waals surface area contributed by atoms with Gasteiger partial charge in [0.25, 0.3) is 5.56 Å². The lowest BCUT2D eigenvalue weighted by molar-refractivity contribution is -0.116. The van der Waals surface area contributed by atoms with Crippen molar-refractivity contribution in [2.45, 2.75) is 17.6 Å². The van der Waals surface area contributed by atoms with Crippen LogP contribution in [0.1, 0.15) is 12.5 Å². The molecule has 1 unspecified atom stereocenters. The molecule has 0 radical (unpaired) electrons. The summed E-state index contributed by atoms with van der Waals surface area (Å²) in [6.45, 7) is 0. The molecule has 6 rings (SSSR count). The van der Waals surface area contributed by atoms with E-state index in [1.165, 1.54) is 18.0 Å². The molecule has 1 atom stereocenters. The van der Waals surface area contributed by atoms with Crippen LogP contribution in [0, 0.1) is 0 Å². The lowest BCUT2D eigenvalue weighted by Gasteiger charge is -2.14. The molecule has 1 aliphatic rings. The van der Waals surface area contributed by atoms with Crippen LogP contribution in [-0.2, 0) is 4.79 Å². The topological polar surface area (TPSA) is 91.0 Å². The summed E-state index contributed by atoms with van der Waals surface area (Å²) in [5.41, 5.74) is 1.69. The fourth-order valence-corrected chi connectivity index (χ4v) is 5.47. The van der Waals surface area contributed by atoms with Gasteiger partial charge < -0.3 is 10.1 Å². The molecule has 1 N–H and O–H groups in total. The highest BCUT2D eigenvalue weighted by Gasteiger charge is 2.29. The van der Waals surface area contributed by atoms with Crippen LogP contribution in [0.25, 0.3) is 16.7 Å². The van der Waals surface area contributed by atoms with Crippen LogP contribution in [0.3, 0.4) is 0 Å². The van der Waals surface area contributed by atoms with Crippen molar-refractivity contribution in [3.63, 3.8) is 0 Å². The number of ether oxygens (including phenoxy) is 1. The quantitative estimate of drug-likeness (QED) is 0.284. The Hall–Kier alpha value is -4.08. The van der Waals surface area contributed by atoms with Gasteiger partial charge in [-0.1, -0.05) is 41.6 Å². The first kappa shape index (κ1) is 23.3. The number of thioether (sulfide) groups is 1. The molecule has 2 aromatic heterocycles. The minimum absolute atomic E-state index is 0.153. The summed E-state index contributed by atoms with van der Waals surface area (Å²) in [4.78, 5) is 30.9. The fraction of sp³-hybridized carbons (Fsp3) is 0.111. The van der Waals surface area contributed by atoms with Crippen LogP contribution in [-0.4, -0.2) is 31.0 Å². The average Bonchev–Trinajstić information content (AvgIpc) is 3.51. The summed E-state index contributed by atoms with van der Waals surface area (Å²) in [5.74, 6) is 1.81. The van der Waals surface area contributed by atoms with Crippen LogP contribution < -0.4 is 15.6 Å². The highest BCUT2D eigenvalue weighted by atomic mass is 35.5. The lowest BCUT2D eigenvalue weighted by Crippen LogP contribution is -2.27. The van der Waals surface area contributed by atoms with Crippen molar-refractivity contribution in [3.8, 4) is 17.2 Å². The zero-order chi connectivity index (χ0) is 25.4. The Balaban J connectivity index is 1.17. The van der Waals surface area contributed by atoms with E-state index >= 15 is 0 Å². The summed E-state index contributed by atoms with van der Waals surface area (Å²) in [5, 5.41) is 8.88. The second-order valence-corrected chi connectivity index (χ2v) is 9.92. The molecule has 1 aliphatic heterocycles. The normalized spacial score (nSPS) is 14.5. The minimum Gasteiger partial charge on any atom is -0.457 e. The smallest absolute Gasteiger partial charge is 0.265 e. The van der Waals surface area contributed by atoms with Crippen LogP contribution >= 0.6 is 23.4 Å². The monoisotopic (exact) mass is 529 g/mol. The summed E-state index contributed by atoms with van der Waals surface area (Å²) >= 11 is 7.46. The standard InChI is InChI=1S/C27H20ClN5O3S/c28-17-6-10-19(11-7-17)33-25-23(15-29-33)26(35)32-20(16-37-27(32)31-25)14-24(34)30-18-8-12-22(13-9-18)36-21-4-2-1-3-5-21/h1-13,15,20H,14,16H2,(H,30,34). The van der Waals surface area contributed by atoms with E-state index < -0.39 is 0 Å². The van der Waals surface area contributed by atoms with E-state index in [0.29, 0.717) is 38.4 Å². The molecular weight excluding hydrogens is 510 g/mol. The van der Waals surface area contributed by atoms with Gasteiger partial charge in [0.2, 0.25) is 5.91 Å². The van der Waals surface area contributed by atoms with E-state index in [0.717, 1.165) is 11.4 Å². The van der Waals surface area contributed by atoms with Gasteiger partial charge >= 0.3 is 0 Å². The average molecular weight is 530 g/mol. The first-order chi connectivity index (χ1) is 18.0. The Labute approximate surface area is 220 Å². The number of nitrogens with one attached hydrogen (secondary N) is 1. The molecule has 3 aromatic carbocycles. The van der Waals surface area contributed by atoms with Crippen molar-refractivity contribution in [1.29, 1.82) is 0 Å². The number of aromatic nitrogens is 4. The number of nitrogens with zero attached hydrogens (tertiary/aromatic N) is 4. The lowest BCUT2D eigenvalue weighted by atomic mass is 10.2. The number of halogens is 1. The van der Waals surface area contributed by atoms with Gasteiger partial charge in [-0.25, -0.2) is 9.67 Å².